The first-order chi connectivity index (χ1) is 16.2. The van der Waals surface area contributed by atoms with Crippen molar-refractivity contribution in [2.75, 3.05) is 7.11 Å². The van der Waals surface area contributed by atoms with Crippen molar-refractivity contribution in [2.45, 2.75) is 19.3 Å². The normalized spacial score (nSPS) is 11.6. The first kappa shape index (κ1) is 22.2. The van der Waals surface area contributed by atoms with Crippen molar-refractivity contribution in [3.05, 3.63) is 124 Å². The second-order valence-corrected chi connectivity index (χ2v) is 7.34. The average molecular weight is 444 g/mol. The highest BCUT2D eigenvalue weighted by molar-refractivity contribution is 5.46. The van der Waals surface area contributed by atoms with Gasteiger partial charge >= 0.3 is 0 Å². The minimum atomic E-state index is -1.23. The highest BCUT2D eigenvalue weighted by Crippen LogP contribution is 2.35. The molecule has 0 aliphatic carbocycles. The monoisotopic (exact) mass is 444 g/mol. The molecule has 3 aromatic carbocycles. The van der Waals surface area contributed by atoms with E-state index < -0.39 is 6.10 Å². The maximum Gasteiger partial charge on any atom is 0.227 e. The van der Waals surface area contributed by atoms with Gasteiger partial charge in [0, 0.05) is 6.07 Å². The highest BCUT2D eigenvalue weighted by atomic mass is 16.5. The molecule has 4 rings (SSSR count). The summed E-state index contributed by atoms with van der Waals surface area (Å²) in [5, 5.41) is 11.0. The summed E-state index contributed by atoms with van der Waals surface area (Å²) in [5.41, 5.74) is 2.01. The van der Waals surface area contributed by atoms with Crippen molar-refractivity contribution in [1.29, 1.82) is 0 Å². The van der Waals surface area contributed by atoms with Crippen LogP contribution in [-0.4, -0.2) is 12.2 Å². The zero-order valence-corrected chi connectivity index (χ0v) is 18.1. The van der Waals surface area contributed by atoms with Crippen LogP contribution in [-0.2, 0) is 13.2 Å². The Balaban J connectivity index is 1.55. The van der Waals surface area contributed by atoms with E-state index in [-0.39, 0.29) is 23.5 Å². The van der Waals surface area contributed by atoms with E-state index in [1.54, 1.807) is 18.2 Å². The van der Waals surface area contributed by atoms with Crippen molar-refractivity contribution in [1.82, 2.24) is 0 Å². The van der Waals surface area contributed by atoms with Crippen molar-refractivity contribution >= 4 is 0 Å². The quantitative estimate of drug-likeness (QED) is 0.396. The van der Waals surface area contributed by atoms with Gasteiger partial charge in [0.15, 0.2) is 17.3 Å². The minimum Gasteiger partial charge on any atom is -0.493 e. The van der Waals surface area contributed by atoms with Crippen LogP contribution in [0.1, 0.15) is 28.6 Å². The van der Waals surface area contributed by atoms with Gasteiger partial charge in [-0.1, -0.05) is 66.7 Å². The first-order valence-electron chi connectivity index (χ1n) is 10.5. The first-order valence-corrected chi connectivity index (χ1v) is 10.5. The number of benzene rings is 3. The van der Waals surface area contributed by atoms with Gasteiger partial charge in [0.1, 0.15) is 19.3 Å². The highest BCUT2D eigenvalue weighted by Gasteiger charge is 2.23. The molecule has 0 saturated carbocycles. The third-order valence-electron chi connectivity index (χ3n) is 5.08. The smallest absolute Gasteiger partial charge is 0.227 e. The van der Waals surface area contributed by atoms with Crippen LogP contribution in [0.15, 0.2) is 100 Å². The molecule has 168 valence electrons. The Morgan fingerprint density at radius 3 is 2.09 bits per heavy atom. The van der Waals surface area contributed by atoms with Gasteiger partial charge in [0.2, 0.25) is 11.2 Å². The van der Waals surface area contributed by atoms with Crippen LogP contribution in [0, 0.1) is 0 Å². The van der Waals surface area contributed by atoms with E-state index >= 15 is 0 Å². The summed E-state index contributed by atoms with van der Waals surface area (Å²) in [4.78, 5) is 12.5. The van der Waals surface area contributed by atoms with Crippen molar-refractivity contribution in [3.63, 3.8) is 0 Å². The molecule has 0 saturated heterocycles. The molecule has 33 heavy (non-hydrogen) atoms. The summed E-state index contributed by atoms with van der Waals surface area (Å²) in [6.45, 7) is 0.551. The third kappa shape index (κ3) is 5.42. The number of hydrogen-bond acceptors (Lipinski definition) is 6. The number of ether oxygens (including phenoxy) is 3. The number of methoxy groups -OCH3 is 1. The molecular formula is C27H24O6. The lowest BCUT2D eigenvalue weighted by Crippen LogP contribution is -2.13. The zero-order valence-electron chi connectivity index (χ0n) is 18.1. The predicted molar refractivity (Wildman–Crippen MR) is 124 cm³/mol. The van der Waals surface area contributed by atoms with Crippen LogP contribution < -0.4 is 19.6 Å². The molecule has 0 fully saturated rings. The summed E-state index contributed by atoms with van der Waals surface area (Å²) in [7, 11) is 1.53. The lowest BCUT2D eigenvalue weighted by molar-refractivity contribution is 0.171. The lowest BCUT2D eigenvalue weighted by atomic mass is 10.1. The standard InChI is InChI=1S/C27H24O6/c1-30-24-16-21(12-13-23(24)32-17-19-8-4-2-5-9-19)25(29)27-26(22(28)14-15-31-27)33-18-20-10-6-3-7-11-20/h2-16,25,29H,17-18H2,1H3. The predicted octanol–water partition coefficient (Wildman–Crippen LogP) is 4.89. The Hall–Kier alpha value is -4.03. The molecule has 0 spiro atoms. The maximum atomic E-state index is 12.5. The molecule has 1 atom stereocenters. The van der Waals surface area contributed by atoms with Gasteiger partial charge in [0.25, 0.3) is 0 Å². The Kier molecular flexibility index (Phi) is 7.07. The zero-order chi connectivity index (χ0) is 23.0. The van der Waals surface area contributed by atoms with Gasteiger partial charge in [-0.25, -0.2) is 0 Å². The van der Waals surface area contributed by atoms with E-state index in [1.165, 1.54) is 19.4 Å². The molecule has 1 N–H and O–H groups in total. The SMILES string of the molecule is COc1cc(C(O)c2occc(=O)c2OCc2ccccc2)ccc1OCc1ccccc1. The van der Waals surface area contributed by atoms with Crippen LogP contribution >= 0.6 is 0 Å². The van der Waals surface area contributed by atoms with Gasteiger partial charge in [0.05, 0.1) is 13.4 Å². The minimum absolute atomic E-state index is 0.0263. The van der Waals surface area contributed by atoms with E-state index in [0.29, 0.717) is 23.7 Å². The van der Waals surface area contributed by atoms with Gasteiger partial charge in [-0.15, -0.1) is 0 Å². The van der Waals surface area contributed by atoms with Gasteiger partial charge in [-0.05, 0) is 28.8 Å². The largest absolute Gasteiger partial charge is 0.493 e. The number of aliphatic hydroxyl groups is 1. The molecule has 1 aromatic heterocycles. The third-order valence-corrected chi connectivity index (χ3v) is 5.08. The second-order valence-electron chi connectivity index (χ2n) is 7.34. The Morgan fingerprint density at radius 2 is 1.45 bits per heavy atom. The molecule has 6 heteroatoms. The van der Waals surface area contributed by atoms with Crippen LogP contribution in [0.25, 0.3) is 0 Å². The van der Waals surface area contributed by atoms with Gasteiger partial charge < -0.3 is 23.7 Å². The van der Waals surface area contributed by atoms with E-state index in [4.69, 9.17) is 18.6 Å². The summed E-state index contributed by atoms with van der Waals surface area (Å²) >= 11 is 0. The number of hydrogen-bond donors (Lipinski definition) is 1. The molecule has 6 nitrogen and oxygen atoms in total. The summed E-state index contributed by atoms with van der Waals surface area (Å²) in [6, 6.07) is 25.5. The molecule has 0 aliphatic rings. The fraction of sp³-hybridized carbons (Fsp3) is 0.148. The van der Waals surface area contributed by atoms with Crippen LogP contribution in [0.4, 0.5) is 0 Å². The molecule has 0 bridgehead atoms. The van der Waals surface area contributed by atoms with Gasteiger partial charge in [-0.2, -0.15) is 0 Å². The van der Waals surface area contributed by atoms with E-state index in [1.807, 2.05) is 60.7 Å². The average Bonchev–Trinajstić information content (AvgIpc) is 2.87. The molecule has 0 amide bonds. The second kappa shape index (κ2) is 10.5. The molecular weight excluding hydrogens is 420 g/mol. The lowest BCUT2D eigenvalue weighted by Gasteiger charge is -2.17. The summed E-state index contributed by atoms with van der Waals surface area (Å²) < 4.78 is 22.6. The molecule has 4 aromatic rings. The Labute approximate surface area is 191 Å². The van der Waals surface area contributed by atoms with Gasteiger partial charge in [-0.3, -0.25) is 4.79 Å². The molecule has 1 unspecified atom stereocenters. The van der Waals surface area contributed by atoms with E-state index in [0.717, 1.165) is 11.1 Å². The summed E-state index contributed by atoms with van der Waals surface area (Å²) in [6.07, 6.45) is 0.00642. The summed E-state index contributed by atoms with van der Waals surface area (Å²) in [5.74, 6) is 0.982. The van der Waals surface area contributed by atoms with Crippen molar-refractivity contribution in [3.8, 4) is 17.2 Å². The number of aliphatic hydroxyl groups excluding tert-OH is 1. The fourth-order valence-corrected chi connectivity index (χ4v) is 3.34. The number of rotatable bonds is 9. The van der Waals surface area contributed by atoms with E-state index in [2.05, 4.69) is 0 Å². The van der Waals surface area contributed by atoms with Crippen LogP contribution in [0.2, 0.25) is 0 Å². The van der Waals surface area contributed by atoms with Crippen molar-refractivity contribution in [2.24, 2.45) is 0 Å². The van der Waals surface area contributed by atoms with Crippen molar-refractivity contribution < 1.29 is 23.7 Å². The van der Waals surface area contributed by atoms with E-state index in [9.17, 15) is 9.90 Å². The van der Waals surface area contributed by atoms with Crippen LogP contribution in [0.3, 0.4) is 0 Å². The topological polar surface area (TPSA) is 78.1 Å². The molecule has 0 aliphatic heterocycles. The Bertz CT molecular complexity index is 1230. The van der Waals surface area contributed by atoms with Crippen LogP contribution in [0.5, 0.6) is 17.2 Å². The maximum absolute atomic E-state index is 12.5. The Morgan fingerprint density at radius 1 is 0.818 bits per heavy atom. The fourth-order valence-electron chi connectivity index (χ4n) is 3.34. The molecule has 0 radical (unpaired) electrons. The molecule has 1 heterocycles.